The van der Waals surface area contributed by atoms with Gasteiger partial charge in [-0.25, -0.2) is 9.78 Å². The number of benzene rings is 1. The molecule has 0 bridgehead atoms. The number of para-hydroxylation sites is 1. The largest absolute Gasteiger partial charge is 0.335 e. The van der Waals surface area contributed by atoms with E-state index in [1.54, 1.807) is 23.1 Å². The summed E-state index contributed by atoms with van der Waals surface area (Å²) in [6.07, 6.45) is 3.73. The molecule has 2 saturated heterocycles. The average Bonchev–Trinajstić information content (AvgIpc) is 3.31. The Hall–Kier alpha value is -2.90. The molecular formula is C22H29N5O3. The summed E-state index contributed by atoms with van der Waals surface area (Å²) in [5, 5.41) is 0.541. The molecule has 3 amide bonds. The average molecular weight is 412 g/mol. The fourth-order valence-corrected chi connectivity index (χ4v) is 4.46. The van der Waals surface area contributed by atoms with E-state index >= 15 is 0 Å². The molecule has 2 aromatic rings. The van der Waals surface area contributed by atoms with Crippen molar-refractivity contribution in [3.8, 4) is 0 Å². The lowest BCUT2D eigenvalue weighted by molar-refractivity contribution is -0.137. The molecule has 30 heavy (non-hydrogen) atoms. The Balaban J connectivity index is 1.45. The van der Waals surface area contributed by atoms with Crippen LogP contribution in [0.3, 0.4) is 0 Å². The van der Waals surface area contributed by atoms with Gasteiger partial charge in [-0.15, -0.1) is 0 Å². The lowest BCUT2D eigenvalue weighted by Gasteiger charge is -2.36. The highest BCUT2D eigenvalue weighted by Crippen LogP contribution is 2.22. The van der Waals surface area contributed by atoms with E-state index < -0.39 is 0 Å². The molecule has 1 N–H and O–H groups in total. The van der Waals surface area contributed by atoms with Crippen LogP contribution in [0.25, 0.3) is 10.9 Å². The molecule has 1 aromatic carbocycles. The molecule has 2 aliphatic heterocycles. The normalized spacial score (nSPS) is 19.3. The van der Waals surface area contributed by atoms with Crippen molar-refractivity contribution in [2.45, 2.75) is 39.2 Å². The number of rotatable bonds is 4. The zero-order chi connectivity index (χ0) is 21.1. The molecular weight excluding hydrogens is 382 g/mol. The number of aromatic nitrogens is 2. The van der Waals surface area contributed by atoms with Gasteiger partial charge < -0.3 is 19.7 Å². The molecule has 8 nitrogen and oxygen atoms in total. The number of amides is 3. The van der Waals surface area contributed by atoms with Crippen LogP contribution in [-0.2, 0) is 11.3 Å². The summed E-state index contributed by atoms with van der Waals surface area (Å²) >= 11 is 0. The van der Waals surface area contributed by atoms with Crippen molar-refractivity contribution in [2.24, 2.45) is 5.92 Å². The first kappa shape index (κ1) is 20.4. The van der Waals surface area contributed by atoms with Gasteiger partial charge in [0.05, 0.1) is 23.4 Å². The third kappa shape index (κ3) is 4.17. The summed E-state index contributed by atoms with van der Waals surface area (Å²) in [4.78, 5) is 51.1. The Labute approximate surface area is 175 Å². The number of aromatic amines is 1. The molecule has 160 valence electrons. The summed E-state index contributed by atoms with van der Waals surface area (Å²) < 4.78 is 0. The fraction of sp³-hybridized carbons (Fsp3) is 0.545. The molecule has 1 aromatic heterocycles. The highest BCUT2D eigenvalue weighted by molar-refractivity contribution is 5.81. The summed E-state index contributed by atoms with van der Waals surface area (Å²) in [6, 6.07) is 7.25. The van der Waals surface area contributed by atoms with Crippen LogP contribution in [0.2, 0.25) is 0 Å². The van der Waals surface area contributed by atoms with Gasteiger partial charge in [0.25, 0.3) is 5.56 Å². The van der Waals surface area contributed by atoms with E-state index in [1.165, 1.54) is 0 Å². The van der Waals surface area contributed by atoms with E-state index in [0.717, 1.165) is 38.8 Å². The van der Waals surface area contributed by atoms with Gasteiger partial charge in [0.15, 0.2) is 0 Å². The standard InChI is InChI=1S/C22H29N5O3/c1-2-25(15-19-23-18-10-4-3-9-17(18)20(28)24-19)21(29)16-8-7-13-27(14-16)22(30)26-11-5-6-12-26/h3-4,9-10,16H,2,5-8,11-15H2,1H3,(H,23,24,28). The van der Waals surface area contributed by atoms with E-state index in [9.17, 15) is 14.4 Å². The fourth-order valence-electron chi connectivity index (χ4n) is 4.46. The van der Waals surface area contributed by atoms with Gasteiger partial charge in [0.2, 0.25) is 5.91 Å². The first-order valence-corrected chi connectivity index (χ1v) is 10.9. The van der Waals surface area contributed by atoms with Gasteiger partial charge in [-0.1, -0.05) is 12.1 Å². The quantitative estimate of drug-likeness (QED) is 0.835. The van der Waals surface area contributed by atoms with Gasteiger partial charge in [-0.05, 0) is 44.7 Å². The first-order valence-electron chi connectivity index (χ1n) is 10.9. The highest BCUT2D eigenvalue weighted by Gasteiger charge is 2.33. The number of hydrogen-bond acceptors (Lipinski definition) is 4. The number of likely N-dealkylation sites (tertiary alicyclic amines) is 2. The number of urea groups is 1. The molecule has 0 radical (unpaired) electrons. The number of carbonyl (C=O) groups is 2. The Morgan fingerprint density at radius 2 is 1.87 bits per heavy atom. The van der Waals surface area contributed by atoms with Crippen molar-refractivity contribution in [2.75, 3.05) is 32.7 Å². The third-order valence-corrected chi connectivity index (χ3v) is 6.11. The van der Waals surface area contributed by atoms with E-state index in [-0.39, 0.29) is 30.0 Å². The van der Waals surface area contributed by atoms with Crippen LogP contribution in [-0.4, -0.2) is 69.3 Å². The van der Waals surface area contributed by atoms with Crippen LogP contribution < -0.4 is 5.56 Å². The van der Waals surface area contributed by atoms with E-state index in [4.69, 9.17) is 0 Å². The molecule has 2 aliphatic rings. The van der Waals surface area contributed by atoms with Crippen LogP contribution in [0.1, 0.15) is 38.4 Å². The summed E-state index contributed by atoms with van der Waals surface area (Å²) in [7, 11) is 0. The van der Waals surface area contributed by atoms with Crippen molar-refractivity contribution in [3.63, 3.8) is 0 Å². The summed E-state index contributed by atoms with van der Waals surface area (Å²) in [5.41, 5.74) is 0.430. The van der Waals surface area contributed by atoms with Crippen LogP contribution in [0.5, 0.6) is 0 Å². The predicted molar refractivity (Wildman–Crippen MR) is 114 cm³/mol. The molecule has 1 atom stereocenters. The second-order valence-corrected chi connectivity index (χ2v) is 8.14. The number of nitrogens with zero attached hydrogens (tertiary/aromatic N) is 4. The number of H-pyrrole nitrogens is 1. The number of hydrogen-bond donors (Lipinski definition) is 1. The van der Waals surface area contributed by atoms with Gasteiger partial charge in [0, 0.05) is 32.7 Å². The molecule has 0 spiro atoms. The predicted octanol–water partition coefficient (Wildman–Crippen LogP) is 2.20. The summed E-state index contributed by atoms with van der Waals surface area (Å²) in [6.45, 7) is 5.51. The second kappa shape index (κ2) is 8.85. The number of nitrogens with one attached hydrogen (secondary N) is 1. The van der Waals surface area contributed by atoms with Crippen molar-refractivity contribution in [1.82, 2.24) is 24.7 Å². The minimum absolute atomic E-state index is 0.0206. The Bertz CT molecular complexity index is 982. The minimum atomic E-state index is -0.211. The Morgan fingerprint density at radius 1 is 1.13 bits per heavy atom. The molecule has 1 unspecified atom stereocenters. The maximum Gasteiger partial charge on any atom is 0.320 e. The maximum absolute atomic E-state index is 13.2. The number of fused-ring (bicyclic) bond motifs is 1. The molecule has 0 aliphatic carbocycles. The van der Waals surface area contributed by atoms with Gasteiger partial charge in [-0.2, -0.15) is 0 Å². The van der Waals surface area contributed by atoms with Gasteiger partial charge >= 0.3 is 6.03 Å². The lowest BCUT2D eigenvalue weighted by Crippen LogP contribution is -2.50. The number of carbonyl (C=O) groups excluding carboxylic acids is 2. The lowest BCUT2D eigenvalue weighted by atomic mass is 9.96. The molecule has 4 rings (SSSR count). The van der Waals surface area contributed by atoms with Crippen molar-refractivity contribution >= 4 is 22.8 Å². The van der Waals surface area contributed by atoms with Crippen LogP contribution in [0.15, 0.2) is 29.1 Å². The van der Waals surface area contributed by atoms with Crippen molar-refractivity contribution in [3.05, 3.63) is 40.4 Å². The highest BCUT2D eigenvalue weighted by atomic mass is 16.2. The van der Waals surface area contributed by atoms with E-state index in [2.05, 4.69) is 9.97 Å². The topological polar surface area (TPSA) is 89.6 Å². The molecule has 2 fully saturated rings. The Kier molecular flexibility index (Phi) is 6.01. The molecule has 8 heteroatoms. The van der Waals surface area contributed by atoms with Gasteiger partial charge in [0.1, 0.15) is 5.82 Å². The first-order chi connectivity index (χ1) is 14.6. The zero-order valence-electron chi connectivity index (χ0n) is 17.5. The van der Waals surface area contributed by atoms with Crippen molar-refractivity contribution < 1.29 is 9.59 Å². The van der Waals surface area contributed by atoms with E-state index in [0.29, 0.717) is 36.4 Å². The van der Waals surface area contributed by atoms with Crippen LogP contribution in [0.4, 0.5) is 4.79 Å². The van der Waals surface area contributed by atoms with Crippen molar-refractivity contribution in [1.29, 1.82) is 0 Å². The monoisotopic (exact) mass is 411 g/mol. The van der Waals surface area contributed by atoms with Crippen LogP contribution in [0, 0.1) is 5.92 Å². The SMILES string of the molecule is CCN(Cc1nc2ccccc2c(=O)[nH]1)C(=O)C1CCCN(C(=O)N2CCCC2)C1. The molecule has 3 heterocycles. The zero-order valence-corrected chi connectivity index (χ0v) is 17.5. The van der Waals surface area contributed by atoms with Gasteiger partial charge in [-0.3, -0.25) is 9.59 Å². The van der Waals surface area contributed by atoms with E-state index in [1.807, 2.05) is 22.8 Å². The third-order valence-electron chi connectivity index (χ3n) is 6.11. The smallest absolute Gasteiger partial charge is 0.320 e. The molecule has 0 saturated carbocycles. The maximum atomic E-state index is 13.2. The summed E-state index contributed by atoms with van der Waals surface area (Å²) in [5.74, 6) is 0.291. The second-order valence-electron chi connectivity index (χ2n) is 8.14. The minimum Gasteiger partial charge on any atom is -0.335 e. The van der Waals surface area contributed by atoms with Crippen LogP contribution >= 0.6 is 0 Å². The number of piperidine rings is 1. The Morgan fingerprint density at radius 3 is 2.63 bits per heavy atom.